The Hall–Kier alpha value is -1.06. The molecule has 1 aliphatic heterocycles. The second kappa shape index (κ2) is 6.21. The van der Waals surface area contributed by atoms with Crippen LogP contribution >= 0.6 is 0 Å². The first-order chi connectivity index (χ1) is 8.74. The third-order valence-electron chi connectivity index (χ3n) is 3.67. The molecule has 2 N–H and O–H groups in total. The van der Waals surface area contributed by atoms with Crippen molar-refractivity contribution in [1.82, 2.24) is 5.32 Å². The lowest BCUT2D eigenvalue weighted by Gasteiger charge is -2.22. The van der Waals surface area contributed by atoms with Crippen LogP contribution in [-0.2, 0) is 6.42 Å². The quantitative estimate of drug-likeness (QED) is 0.813. The van der Waals surface area contributed by atoms with Gasteiger partial charge in [-0.1, -0.05) is 19.1 Å². The molecule has 3 nitrogen and oxygen atoms in total. The molecule has 2 unspecified atom stereocenters. The number of ether oxygens (including phenoxy) is 1. The zero-order chi connectivity index (χ0) is 13.0. The maximum Gasteiger partial charge on any atom is 0.122 e. The number of benzene rings is 1. The van der Waals surface area contributed by atoms with E-state index in [1.54, 1.807) is 0 Å². The van der Waals surface area contributed by atoms with Gasteiger partial charge in [0.1, 0.15) is 5.75 Å². The third-order valence-corrected chi connectivity index (χ3v) is 3.67. The molecular formula is C15H23NO2. The van der Waals surface area contributed by atoms with Crippen LogP contribution in [0.1, 0.15) is 43.9 Å². The standard InChI is InChI=1S/C15H23NO2/c1-3-14(6-8-17)16-11(2)12-4-5-15-13(10-12)7-9-18-15/h4-5,10-11,14,16-17H,3,6-9H2,1-2H3. The maximum atomic E-state index is 9.02. The van der Waals surface area contributed by atoms with E-state index >= 15 is 0 Å². The van der Waals surface area contributed by atoms with Crippen LogP contribution in [0.5, 0.6) is 5.75 Å². The first-order valence-electron chi connectivity index (χ1n) is 6.87. The molecule has 0 aliphatic carbocycles. The highest BCUT2D eigenvalue weighted by Gasteiger charge is 2.16. The number of rotatable bonds is 6. The van der Waals surface area contributed by atoms with Crippen molar-refractivity contribution in [1.29, 1.82) is 0 Å². The Labute approximate surface area is 109 Å². The highest BCUT2D eigenvalue weighted by molar-refractivity contribution is 5.40. The van der Waals surface area contributed by atoms with Crippen LogP contribution in [0.3, 0.4) is 0 Å². The summed E-state index contributed by atoms with van der Waals surface area (Å²) in [5.74, 6) is 1.04. The summed E-state index contributed by atoms with van der Waals surface area (Å²) < 4.78 is 5.52. The van der Waals surface area contributed by atoms with Gasteiger partial charge >= 0.3 is 0 Å². The minimum absolute atomic E-state index is 0.246. The minimum Gasteiger partial charge on any atom is -0.493 e. The van der Waals surface area contributed by atoms with Crippen LogP contribution in [-0.4, -0.2) is 24.4 Å². The van der Waals surface area contributed by atoms with Crippen molar-refractivity contribution in [3.63, 3.8) is 0 Å². The van der Waals surface area contributed by atoms with Gasteiger partial charge in [0, 0.05) is 25.1 Å². The fourth-order valence-corrected chi connectivity index (χ4v) is 2.49. The molecule has 0 saturated carbocycles. The van der Waals surface area contributed by atoms with Gasteiger partial charge in [-0.15, -0.1) is 0 Å². The average Bonchev–Trinajstić information content (AvgIpc) is 2.85. The summed E-state index contributed by atoms with van der Waals surface area (Å²) in [5.41, 5.74) is 2.62. The van der Waals surface area contributed by atoms with Crippen molar-refractivity contribution in [3.05, 3.63) is 29.3 Å². The zero-order valence-corrected chi connectivity index (χ0v) is 11.3. The van der Waals surface area contributed by atoms with E-state index in [4.69, 9.17) is 9.84 Å². The molecule has 0 bridgehead atoms. The van der Waals surface area contributed by atoms with Gasteiger partial charge in [0.2, 0.25) is 0 Å². The molecule has 0 spiro atoms. The number of aliphatic hydroxyl groups excluding tert-OH is 1. The Morgan fingerprint density at radius 3 is 3.00 bits per heavy atom. The molecule has 1 aromatic carbocycles. The normalized spacial score (nSPS) is 17.1. The van der Waals surface area contributed by atoms with Gasteiger partial charge in [-0.2, -0.15) is 0 Å². The average molecular weight is 249 g/mol. The fourth-order valence-electron chi connectivity index (χ4n) is 2.49. The lowest BCUT2D eigenvalue weighted by molar-refractivity contribution is 0.257. The lowest BCUT2D eigenvalue weighted by Crippen LogP contribution is -2.31. The smallest absolute Gasteiger partial charge is 0.122 e. The summed E-state index contributed by atoms with van der Waals surface area (Å²) in [4.78, 5) is 0. The molecule has 1 aromatic rings. The first kappa shape index (κ1) is 13.4. The van der Waals surface area contributed by atoms with E-state index < -0.39 is 0 Å². The van der Waals surface area contributed by atoms with E-state index in [9.17, 15) is 0 Å². The molecule has 0 aromatic heterocycles. The molecule has 2 atom stereocenters. The van der Waals surface area contributed by atoms with Gasteiger partial charge in [0.15, 0.2) is 0 Å². The van der Waals surface area contributed by atoms with Crippen LogP contribution in [0.15, 0.2) is 18.2 Å². The van der Waals surface area contributed by atoms with Crippen LogP contribution in [0.4, 0.5) is 0 Å². The Balaban J connectivity index is 2.02. The second-order valence-corrected chi connectivity index (χ2v) is 4.97. The van der Waals surface area contributed by atoms with Crippen LogP contribution in [0.2, 0.25) is 0 Å². The second-order valence-electron chi connectivity index (χ2n) is 4.97. The van der Waals surface area contributed by atoms with Crippen molar-refractivity contribution in [2.75, 3.05) is 13.2 Å². The van der Waals surface area contributed by atoms with Crippen LogP contribution in [0.25, 0.3) is 0 Å². The third kappa shape index (κ3) is 3.03. The van der Waals surface area contributed by atoms with E-state index in [2.05, 4.69) is 37.4 Å². The van der Waals surface area contributed by atoms with Gasteiger partial charge in [-0.25, -0.2) is 0 Å². The van der Waals surface area contributed by atoms with E-state index in [1.165, 1.54) is 11.1 Å². The first-order valence-corrected chi connectivity index (χ1v) is 6.87. The minimum atomic E-state index is 0.246. The monoisotopic (exact) mass is 249 g/mol. The summed E-state index contributed by atoms with van der Waals surface area (Å²) in [6.45, 7) is 5.38. The fraction of sp³-hybridized carbons (Fsp3) is 0.600. The molecule has 1 aliphatic rings. The number of hydrogen-bond donors (Lipinski definition) is 2. The van der Waals surface area contributed by atoms with Crippen molar-refractivity contribution >= 4 is 0 Å². The van der Waals surface area contributed by atoms with Crippen molar-refractivity contribution < 1.29 is 9.84 Å². The zero-order valence-electron chi connectivity index (χ0n) is 11.3. The molecule has 3 heteroatoms. The number of nitrogens with one attached hydrogen (secondary N) is 1. The predicted octanol–water partition coefficient (Wildman–Crippen LogP) is 2.43. The molecule has 0 fully saturated rings. The van der Waals surface area contributed by atoms with Crippen molar-refractivity contribution in [3.8, 4) is 5.75 Å². The van der Waals surface area contributed by atoms with E-state index in [0.29, 0.717) is 12.1 Å². The summed E-state index contributed by atoms with van der Waals surface area (Å²) in [5, 5.41) is 12.6. The SMILES string of the molecule is CCC(CCO)NC(C)c1ccc2c(c1)CCO2. The van der Waals surface area contributed by atoms with Gasteiger partial charge in [-0.05, 0) is 37.0 Å². The van der Waals surface area contributed by atoms with Gasteiger partial charge < -0.3 is 15.2 Å². The summed E-state index contributed by atoms with van der Waals surface area (Å²) in [6, 6.07) is 7.14. The van der Waals surface area contributed by atoms with Crippen LogP contribution in [0, 0.1) is 0 Å². The van der Waals surface area contributed by atoms with E-state index in [-0.39, 0.29) is 6.61 Å². The summed E-state index contributed by atoms with van der Waals surface area (Å²) in [6.07, 6.45) is 2.87. The Morgan fingerprint density at radius 2 is 2.28 bits per heavy atom. The molecule has 2 rings (SSSR count). The van der Waals surface area contributed by atoms with Gasteiger partial charge in [0.05, 0.1) is 6.61 Å². The predicted molar refractivity (Wildman–Crippen MR) is 73.0 cm³/mol. The van der Waals surface area contributed by atoms with E-state index in [1.807, 2.05) is 0 Å². The number of aliphatic hydroxyl groups is 1. The molecule has 0 saturated heterocycles. The topological polar surface area (TPSA) is 41.5 Å². The molecule has 0 radical (unpaired) electrons. The number of fused-ring (bicyclic) bond motifs is 1. The Morgan fingerprint density at radius 1 is 1.44 bits per heavy atom. The van der Waals surface area contributed by atoms with Crippen LogP contribution < -0.4 is 10.1 Å². The highest BCUT2D eigenvalue weighted by atomic mass is 16.5. The van der Waals surface area contributed by atoms with Gasteiger partial charge in [0.25, 0.3) is 0 Å². The van der Waals surface area contributed by atoms with Crippen molar-refractivity contribution in [2.24, 2.45) is 0 Å². The Bertz CT molecular complexity index is 392. The van der Waals surface area contributed by atoms with E-state index in [0.717, 1.165) is 31.6 Å². The molecule has 18 heavy (non-hydrogen) atoms. The molecule has 0 amide bonds. The highest BCUT2D eigenvalue weighted by Crippen LogP contribution is 2.28. The lowest BCUT2D eigenvalue weighted by atomic mass is 10.0. The summed E-state index contributed by atoms with van der Waals surface area (Å²) >= 11 is 0. The van der Waals surface area contributed by atoms with Gasteiger partial charge in [-0.3, -0.25) is 0 Å². The Kier molecular flexibility index (Phi) is 4.61. The molecule has 100 valence electrons. The summed E-state index contributed by atoms with van der Waals surface area (Å²) in [7, 11) is 0. The maximum absolute atomic E-state index is 9.02. The largest absolute Gasteiger partial charge is 0.493 e. The molecule has 1 heterocycles. The molecular weight excluding hydrogens is 226 g/mol. The van der Waals surface area contributed by atoms with Crippen molar-refractivity contribution in [2.45, 2.75) is 45.2 Å². The number of hydrogen-bond acceptors (Lipinski definition) is 3.